The minimum Gasteiger partial charge on any atom is -0.276 e. The minimum absolute atomic E-state index is 0.892. The molecule has 0 saturated heterocycles. The zero-order valence-corrected chi connectivity index (χ0v) is 23.5. The summed E-state index contributed by atoms with van der Waals surface area (Å²) in [4.78, 5) is 10.5. The van der Waals surface area contributed by atoms with E-state index in [2.05, 4.69) is 131 Å². The standard InChI is InChI=1S/C37H25N5/c1-20-12-27(13-21(2)22(20)3)28-18-33-35-34(19-28)41-32-17-26-11-7-5-9-24(26)15-30(32)39-37(41)42(35)36-38-29-14-23-8-4-6-10-25(23)16-31(29)40(33)36/h4-19H,1-3H3. The van der Waals surface area contributed by atoms with Crippen LogP contribution in [0.15, 0.2) is 97.1 Å². The molecule has 0 N–H and O–H groups in total. The molecule has 0 atom stereocenters. The average molecular weight is 540 g/mol. The van der Waals surface area contributed by atoms with Gasteiger partial charge in [0.15, 0.2) is 0 Å². The fourth-order valence-corrected chi connectivity index (χ4v) is 7.11. The minimum atomic E-state index is 0.892. The van der Waals surface area contributed by atoms with E-state index in [4.69, 9.17) is 9.97 Å². The Kier molecular flexibility index (Phi) is 3.95. The van der Waals surface area contributed by atoms with Crippen molar-refractivity contribution in [2.75, 3.05) is 0 Å². The molecule has 0 spiro atoms. The summed E-state index contributed by atoms with van der Waals surface area (Å²) >= 11 is 0. The van der Waals surface area contributed by atoms with Gasteiger partial charge in [-0.1, -0.05) is 60.7 Å². The van der Waals surface area contributed by atoms with Crippen molar-refractivity contribution in [1.82, 2.24) is 23.2 Å². The van der Waals surface area contributed by atoms with Gasteiger partial charge in [-0.3, -0.25) is 8.80 Å². The SMILES string of the molecule is Cc1cc(-c2cc3c4c(c2)n2c5cc6ccccc6cc5nc2n4c2nc4cc5ccccc5cc4n32)cc(C)c1C. The lowest BCUT2D eigenvalue weighted by Gasteiger charge is -2.10. The highest BCUT2D eigenvalue weighted by atomic mass is 15.3. The summed E-state index contributed by atoms with van der Waals surface area (Å²) in [5, 5.41) is 4.82. The van der Waals surface area contributed by atoms with Gasteiger partial charge in [-0.2, -0.15) is 0 Å². The number of imidazole rings is 4. The third-order valence-electron chi connectivity index (χ3n) is 9.44. The van der Waals surface area contributed by atoms with E-state index in [1.54, 1.807) is 0 Å². The van der Waals surface area contributed by atoms with E-state index in [0.717, 1.165) is 50.2 Å². The van der Waals surface area contributed by atoms with E-state index in [1.165, 1.54) is 49.4 Å². The van der Waals surface area contributed by atoms with Crippen LogP contribution in [0.2, 0.25) is 0 Å². The van der Waals surface area contributed by atoms with Gasteiger partial charge in [-0.15, -0.1) is 0 Å². The second-order valence-corrected chi connectivity index (χ2v) is 11.8. The molecule has 0 aliphatic rings. The van der Waals surface area contributed by atoms with Crippen molar-refractivity contribution in [3.8, 4) is 11.1 Å². The maximum atomic E-state index is 5.25. The summed E-state index contributed by atoms with van der Waals surface area (Å²) in [7, 11) is 0. The van der Waals surface area contributed by atoms with Crippen LogP contribution in [0.25, 0.3) is 82.8 Å². The number of rotatable bonds is 1. The van der Waals surface area contributed by atoms with Gasteiger partial charge in [-0.05, 0) is 107 Å². The predicted molar refractivity (Wildman–Crippen MR) is 173 cm³/mol. The smallest absolute Gasteiger partial charge is 0.223 e. The van der Waals surface area contributed by atoms with Gasteiger partial charge in [0.05, 0.1) is 33.1 Å². The van der Waals surface area contributed by atoms with Crippen molar-refractivity contribution in [3.63, 3.8) is 0 Å². The van der Waals surface area contributed by atoms with Gasteiger partial charge in [0, 0.05) is 0 Å². The van der Waals surface area contributed by atoms with Gasteiger partial charge in [-0.25, -0.2) is 14.4 Å². The summed E-state index contributed by atoms with van der Waals surface area (Å²) in [6.07, 6.45) is 0. The van der Waals surface area contributed by atoms with Crippen molar-refractivity contribution in [2.24, 2.45) is 0 Å². The maximum absolute atomic E-state index is 5.25. The number of aryl methyl sites for hydroxylation is 2. The van der Waals surface area contributed by atoms with Gasteiger partial charge in [0.1, 0.15) is 5.52 Å². The molecule has 10 aromatic rings. The highest BCUT2D eigenvalue weighted by molar-refractivity contribution is 6.08. The molecule has 0 saturated carbocycles. The van der Waals surface area contributed by atoms with E-state index in [-0.39, 0.29) is 0 Å². The van der Waals surface area contributed by atoms with Gasteiger partial charge in [0.2, 0.25) is 11.6 Å². The Morgan fingerprint density at radius 3 is 1.36 bits per heavy atom. The van der Waals surface area contributed by atoms with Crippen LogP contribution in [0.1, 0.15) is 16.7 Å². The summed E-state index contributed by atoms with van der Waals surface area (Å²) in [5.74, 6) is 1.78. The molecule has 5 heteroatoms. The Bertz CT molecular complexity index is 2590. The van der Waals surface area contributed by atoms with Crippen LogP contribution in [0.5, 0.6) is 0 Å². The number of nitrogens with zero attached hydrogens (tertiary/aromatic N) is 5. The second kappa shape index (κ2) is 7.45. The molecule has 0 amide bonds. The summed E-state index contributed by atoms with van der Waals surface area (Å²) in [5.41, 5.74) is 14.0. The number of hydrogen-bond donors (Lipinski definition) is 0. The zero-order valence-electron chi connectivity index (χ0n) is 23.5. The van der Waals surface area contributed by atoms with Crippen LogP contribution in [0.3, 0.4) is 0 Å². The lowest BCUT2D eigenvalue weighted by Crippen LogP contribution is -1.91. The van der Waals surface area contributed by atoms with Crippen LogP contribution in [-0.4, -0.2) is 23.2 Å². The maximum Gasteiger partial charge on any atom is 0.223 e. The van der Waals surface area contributed by atoms with Crippen LogP contribution >= 0.6 is 0 Å². The first kappa shape index (κ1) is 22.3. The molecule has 5 nitrogen and oxygen atoms in total. The van der Waals surface area contributed by atoms with Gasteiger partial charge < -0.3 is 0 Å². The molecular weight excluding hydrogens is 514 g/mol. The van der Waals surface area contributed by atoms with Crippen molar-refractivity contribution < 1.29 is 0 Å². The van der Waals surface area contributed by atoms with Crippen LogP contribution in [-0.2, 0) is 0 Å². The monoisotopic (exact) mass is 539 g/mol. The Labute approximate surface area is 240 Å². The molecule has 6 aromatic carbocycles. The van der Waals surface area contributed by atoms with Gasteiger partial charge >= 0.3 is 0 Å². The van der Waals surface area contributed by atoms with Crippen LogP contribution < -0.4 is 0 Å². The molecule has 0 radical (unpaired) electrons. The molecule has 10 rings (SSSR count). The van der Waals surface area contributed by atoms with E-state index in [0.29, 0.717) is 0 Å². The van der Waals surface area contributed by atoms with Crippen LogP contribution in [0, 0.1) is 20.8 Å². The summed E-state index contributed by atoms with van der Waals surface area (Å²) in [6, 6.07) is 35.3. The molecule has 42 heavy (non-hydrogen) atoms. The van der Waals surface area contributed by atoms with Crippen molar-refractivity contribution in [2.45, 2.75) is 20.8 Å². The average Bonchev–Trinajstić information content (AvgIpc) is 3.72. The molecule has 0 fully saturated rings. The largest absolute Gasteiger partial charge is 0.276 e. The van der Waals surface area contributed by atoms with Crippen molar-refractivity contribution in [3.05, 3.63) is 114 Å². The number of hydrogen-bond acceptors (Lipinski definition) is 2. The summed E-state index contributed by atoms with van der Waals surface area (Å²) in [6.45, 7) is 6.62. The Morgan fingerprint density at radius 1 is 0.452 bits per heavy atom. The van der Waals surface area contributed by atoms with Crippen molar-refractivity contribution in [1.29, 1.82) is 0 Å². The normalized spacial score (nSPS) is 12.6. The highest BCUT2D eigenvalue weighted by Gasteiger charge is 2.25. The van der Waals surface area contributed by atoms with E-state index in [9.17, 15) is 0 Å². The molecule has 0 bridgehead atoms. The first-order chi connectivity index (χ1) is 20.5. The predicted octanol–water partition coefficient (Wildman–Crippen LogP) is 9.03. The second-order valence-electron chi connectivity index (χ2n) is 11.8. The third-order valence-corrected chi connectivity index (χ3v) is 9.44. The molecule has 0 aliphatic carbocycles. The Hall–Kier alpha value is -5.42. The Morgan fingerprint density at radius 2 is 0.881 bits per heavy atom. The first-order valence-electron chi connectivity index (χ1n) is 14.4. The lowest BCUT2D eigenvalue weighted by molar-refractivity contribution is 1.15. The molecular formula is C37H25N5. The van der Waals surface area contributed by atoms with E-state index in [1.807, 2.05) is 0 Å². The molecule has 0 aliphatic heterocycles. The Balaban J connectivity index is 1.44. The third kappa shape index (κ3) is 2.68. The topological polar surface area (TPSA) is 39.0 Å². The van der Waals surface area contributed by atoms with E-state index >= 15 is 0 Å². The summed E-state index contributed by atoms with van der Waals surface area (Å²) < 4.78 is 6.92. The number of fused-ring (bicyclic) bond motifs is 12. The van der Waals surface area contributed by atoms with E-state index < -0.39 is 0 Å². The van der Waals surface area contributed by atoms with Crippen LogP contribution in [0.4, 0.5) is 0 Å². The van der Waals surface area contributed by atoms with Crippen molar-refractivity contribution >= 4 is 71.7 Å². The molecule has 4 heterocycles. The number of aromatic nitrogens is 5. The molecule has 198 valence electrons. The first-order valence-corrected chi connectivity index (χ1v) is 14.4. The molecule has 0 unspecified atom stereocenters. The lowest BCUT2D eigenvalue weighted by atomic mass is 9.96. The fraction of sp³-hybridized carbons (Fsp3) is 0.0811. The molecule has 4 aromatic heterocycles. The fourth-order valence-electron chi connectivity index (χ4n) is 7.11. The highest BCUT2D eigenvalue weighted by Crippen LogP contribution is 2.39. The number of benzene rings is 6. The van der Waals surface area contributed by atoms with Gasteiger partial charge in [0.25, 0.3) is 0 Å². The quantitative estimate of drug-likeness (QED) is 0.209. The zero-order chi connectivity index (χ0) is 27.9.